The summed E-state index contributed by atoms with van der Waals surface area (Å²) >= 11 is 5.84. The maximum atomic E-state index is 15.0. The van der Waals surface area contributed by atoms with Crippen molar-refractivity contribution in [3.8, 4) is 0 Å². The molecule has 2 amide bonds. The highest BCUT2D eigenvalue weighted by molar-refractivity contribution is 6.30. The van der Waals surface area contributed by atoms with Gasteiger partial charge >= 0.3 is 0 Å². The number of amides is 2. The molecule has 4 nitrogen and oxygen atoms in total. The molecule has 118 valence electrons. The van der Waals surface area contributed by atoms with Gasteiger partial charge in [-0.3, -0.25) is 19.8 Å². The zero-order valence-electron chi connectivity index (χ0n) is 12.1. The molecule has 2 saturated heterocycles. The van der Waals surface area contributed by atoms with E-state index < -0.39 is 11.7 Å². The first-order chi connectivity index (χ1) is 10.5. The summed E-state index contributed by atoms with van der Waals surface area (Å²) in [6, 6.07) is 6.80. The van der Waals surface area contributed by atoms with E-state index in [1.165, 1.54) is 0 Å². The number of halogens is 2. The third-order valence-corrected chi connectivity index (χ3v) is 4.77. The number of alkyl halides is 1. The Kier molecular flexibility index (Phi) is 4.19. The average molecular weight is 325 g/mol. The highest BCUT2D eigenvalue weighted by Crippen LogP contribution is 2.32. The molecule has 2 aliphatic heterocycles. The number of imide groups is 1. The van der Waals surface area contributed by atoms with E-state index in [4.69, 9.17) is 11.6 Å². The van der Waals surface area contributed by atoms with Gasteiger partial charge in [0.1, 0.15) is 5.67 Å². The number of carbonyl (C=O) groups is 2. The van der Waals surface area contributed by atoms with E-state index >= 15 is 0 Å². The van der Waals surface area contributed by atoms with E-state index in [2.05, 4.69) is 5.32 Å². The number of nitrogens with zero attached hydrogens (tertiary/aromatic N) is 1. The summed E-state index contributed by atoms with van der Waals surface area (Å²) in [4.78, 5) is 24.9. The van der Waals surface area contributed by atoms with E-state index in [1.807, 2.05) is 17.0 Å². The summed E-state index contributed by atoms with van der Waals surface area (Å²) in [5.74, 6) is -0.498. The van der Waals surface area contributed by atoms with Crippen molar-refractivity contribution in [3.05, 3.63) is 34.9 Å². The minimum atomic E-state index is -1.26. The zero-order valence-corrected chi connectivity index (χ0v) is 12.9. The van der Waals surface area contributed by atoms with Gasteiger partial charge in [0.05, 0.1) is 12.5 Å². The first-order valence-corrected chi connectivity index (χ1v) is 7.84. The highest BCUT2D eigenvalue weighted by atomic mass is 35.5. The first kappa shape index (κ1) is 15.4. The second kappa shape index (κ2) is 5.97. The Morgan fingerprint density at radius 3 is 2.41 bits per heavy atom. The minimum absolute atomic E-state index is 0.190. The van der Waals surface area contributed by atoms with E-state index in [1.54, 1.807) is 12.1 Å². The third-order valence-electron chi connectivity index (χ3n) is 4.51. The van der Waals surface area contributed by atoms with E-state index in [0.29, 0.717) is 37.4 Å². The van der Waals surface area contributed by atoms with Crippen molar-refractivity contribution in [3.63, 3.8) is 0 Å². The molecule has 1 aromatic carbocycles. The van der Waals surface area contributed by atoms with Crippen LogP contribution < -0.4 is 5.32 Å². The minimum Gasteiger partial charge on any atom is -0.295 e. The molecule has 1 N–H and O–H groups in total. The second-order valence-corrected chi connectivity index (χ2v) is 6.56. The van der Waals surface area contributed by atoms with Gasteiger partial charge in [-0.05, 0) is 30.5 Å². The largest absolute Gasteiger partial charge is 0.295 e. The molecule has 3 rings (SSSR count). The van der Waals surface area contributed by atoms with Crippen LogP contribution in [-0.2, 0) is 16.0 Å². The molecule has 1 unspecified atom stereocenters. The van der Waals surface area contributed by atoms with Crippen molar-refractivity contribution >= 4 is 23.4 Å². The average Bonchev–Trinajstić information content (AvgIpc) is 2.81. The molecule has 0 spiro atoms. The van der Waals surface area contributed by atoms with Crippen molar-refractivity contribution in [2.24, 2.45) is 0 Å². The van der Waals surface area contributed by atoms with E-state index in [-0.39, 0.29) is 18.2 Å². The molecule has 0 bridgehead atoms. The SMILES string of the molecule is O=C1CC(N2CCC(F)(Cc3ccc(Cl)cc3)CC2)C(=O)N1. The lowest BCUT2D eigenvalue weighted by molar-refractivity contribution is -0.126. The van der Waals surface area contributed by atoms with E-state index in [0.717, 1.165) is 5.56 Å². The maximum Gasteiger partial charge on any atom is 0.244 e. The topological polar surface area (TPSA) is 49.4 Å². The summed E-state index contributed by atoms with van der Waals surface area (Å²) in [5, 5.41) is 2.95. The molecule has 0 radical (unpaired) electrons. The van der Waals surface area contributed by atoms with Gasteiger partial charge in [0, 0.05) is 24.5 Å². The van der Waals surface area contributed by atoms with E-state index in [9.17, 15) is 14.0 Å². The molecule has 6 heteroatoms. The fourth-order valence-corrected chi connectivity index (χ4v) is 3.34. The van der Waals surface area contributed by atoms with Gasteiger partial charge in [-0.1, -0.05) is 23.7 Å². The van der Waals surface area contributed by atoms with Crippen LogP contribution in [0.3, 0.4) is 0 Å². The van der Waals surface area contributed by atoms with Crippen LogP contribution in [0, 0.1) is 0 Å². The number of nitrogens with one attached hydrogen (secondary N) is 1. The Bertz CT molecular complexity index is 582. The van der Waals surface area contributed by atoms with Crippen molar-refractivity contribution in [2.75, 3.05) is 13.1 Å². The number of likely N-dealkylation sites (tertiary alicyclic amines) is 1. The Labute approximate surface area is 133 Å². The molecule has 0 saturated carbocycles. The van der Waals surface area contributed by atoms with Crippen LogP contribution in [0.2, 0.25) is 5.02 Å². The van der Waals surface area contributed by atoms with Crippen LogP contribution in [0.4, 0.5) is 4.39 Å². The lowest BCUT2D eigenvalue weighted by Gasteiger charge is -2.38. The quantitative estimate of drug-likeness (QED) is 0.866. The van der Waals surface area contributed by atoms with Crippen LogP contribution >= 0.6 is 11.6 Å². The molecule has 0 aliphatic carbocycles. The Hall–Kier alpha value is -1.46. The predicted molar refractivity (Wildman–Crippen MR) is 81.4 cm³/mol. The van der Waals surface area contributed by atoms with Crippen LogP contribution in [-0.4, -0.2) is 41.5 Å². The third kappa shape index (κ3) is 3.31. The fraction of sp³-hybridized carbons (Fsp3) is 0.500. The zero-order chi connectivity index (χ0) is 15.7. The maximum absolute atomic E-state index is 15.0. The van der Waals surface area contributed by atoms with Crippen molar-refractivity contribution in [1.82, 2.24) is 10.2 Å². The summed E-state index contributed by atoms with van der Waals surface area (Å²) in [6.07, 6.45) is 1.28. The van der Waals surface area contributed by atoms with Gasteiger partial charge < -0.3 is 0 Å². The fourth-order valence-electron chi connectivity index (χ4n) is 3.22. The lowest BCUT2D eigenvalue weighted by atomic mass is 9.86. The van der Waals surface area contributed by atoms with Gasteiger partial charge in [0.25, 0.3) is 0 Å². The number of hydrogen-bond acceptors (Lipinski definition) is 3. The molecule has 2 aliphatic rings. The number of hydrogen-bond donors (Lipinski definition) is 1. The van der Waals surface area contributed by atoms with Crippen LogP contribution in [0.5, 0.6) is 0 Å². The molecule has 2 heterocycles. The molecule has 1 aromatic rings. The van der Waals surface area contributed by atoms with Crippen LogP contribution in [0.15, 0.2) is 24.3 Å². The Morgan fingerprint density at radius 1 is 1.23 bits per heavy atom. The van der Waals surface area contributed by atoms with Gasteiger partial charge in [0.15, 0.2) is 0 Å². The number of carbonyl (C=O) groups excluding carboxylic acids is 2. The molecular weight excluding hydrogens is 307 g/mol. The molecule has 22 heavy (non-hydrogen) atoms. The van der Waals surface area contributed by atoms with Gasteiger partial charge in [-0.2, -0.15) is 0 Å². The van der Waals surface area contributed by atoms with Crippen molar-refractivity contribution in [2.45, 2.75) is 37.4 Å². The first-order valence-electron chi connectivity index (χ1n) is 7.46. The Balaban J connectivity index is 1.59. The summed E-state index contributed by atoms with van der Waals surface area (Å²) in [7, 11) is 0. The van der Waals surface area contributed by atoms with Crippen LogP contribution in [0.1, 0.15) is 24.8 Å². The summed E-state index contributed by atoms with van der Waals surface area (Å²) < 4.78 is 15.0. The standard InChI is InChI=1S/C16H18ClFN2O2/c17-12-3-1-11(2-4-12)10-16(18)5-7-20(8-6-16)13-9-14(21)19-15(13)22/h1-4,13H,5-10H2,(H,19,21,22). The predicted octanol–water partition coefficient (Wildman–Crippen LogP) is 2.10. The van der Waals surface area contributed by atoms with Gasteiger partial charge in [0.2, 0.25) is 11.8 Å². The van der Waals surface area contributed by atoms with Crippen LogP contribution in [0.25, 0.3) is 0 Å². The smallest absolute Gasteiger partial charge is 0.244 e. The van der Waals surface area contributed by atoms with Gasteiger partial charge in [-0.25, -0.2) is 4.39 Å². The monoisotopic (exact) mass is 324 g/mol. The van der Waals surface area contributed by atoms with Gasteiger partial charge in [-0.15, -0.1) is 0 Å². The van der Waals surface area contributed by atoms with Crippen molar-refractivity contribution < 1.29 is 14.0 Å². The molecular formula is C16H18ClFN2O2. The molecule has 2 fully saturated rings. The normalized spacial score (nSPS) is 25.3. The molecule has 1 atom stereocenters. The summed E-state index contributed by atoms with van der Waals surface area (Å²) in [5.41, 5.74) is -0.335. The Morgan fingerprint density at radius 2 is 1.86 bits per heavy atom. The number of rotatable bonds is 3. The number of piperidine rings is 1. The lowest BCUT2D eigenvalue weighted by Crippen LogP contribution is -2.49. The summed E-state index contributed by atoms with van der Waals surface area (Å²) in [6.45, 7) is 0.991. The van der Waals surface area contributed by atoms with Crippen molar-refractivity contribution in [1.29, 1.82) is 0 Å². The number of benzene rings is 1. The highest BCUT2D eigenvalue weighted by Gasteiger charge is 2.41. The second-order valence-electron chi connectivity index (χ2n) is 6.12. The molecule has 0 aromatic heterocycles.